The Kier molecular flexibility index (Phi) is 4.72. The summed E-state index contributed by atoms with van der Waals surface area (Å²) in [6.45, 7) is 7.01. The first-order valence-electron chi connectivity index (χ1n) is 8.29. The lowest BCUT2D eigenvalue weighted by molar-refractivity contribution is 0.0697. The van der Waals surface area contributed by atoms with E-state index < -0.39 is 5.97 Å². The van der Waals surface area contributed by atoms with Gasteiger partial charge in [0.1, 0.15) is 0 Å². The van der Waals surface area contributed by atoms with Crippen LogP contribution in [0.3, 0.4) is 0 Å². The molecule has 130 valence electrons. The second-order valence-electron chi connectivity index (χ2n) is 5.93. The van der Waals surface area contributed by atoms with Crippen molar-refractivity contribution in [3.05, 3.63) is 47.7 Å². The summed E-state index contributed by atoms with van der Waals surface area (Å²) >= 11 is 0. The van der Waals surface area contributed by atoms with Crippen molar-refractivity contribution in [2.24, 2.45) is 0 Å². The van der Waals surface area contributed by atoms with Crippen LogP contribution in [0.2, 0.25) is 0 Å². The van der Waals surface area contributed by atoms with Gasteiger partial charge in [-0.25, -0.2) is 4.79 Å². The number of hydrogen-bond donors (Lipinski definition) is 3. The van der Waals surface area contributed by atoms with Crippen molar-refractivity contribution >= 4 is 16.9 Å². The van der Waals surface area contributed by atoms with Gasteiger partial charge in [0.05, 0.1) is 16.8 Å². The number of H-pyrrole nitrogens is 1. The number of pyridine rings is 1. The van der Waals surface area contributed by atoms with E-state index in [9.17, 15) is 15.0 Å². The number of carboxylic acids is 1. The van der Waals surface area contributed by atoms with Crippen LogP contribution in [-0.4, -0.2) is 44.1 Å². The molecule has 0 saturated carbocycles. The van der Waals surface area contributed by atoms with Crippen molar-refractivity contribution in [2.45, 2.75) is 20.4 Å². The van der Waals surface area contributed by atoms with Crippen LogP contribution in [0.15, 0.2) is 36.5 Å². The maximum absolute atomic E-state index is 11.2. The predicted octanol–water partition coefficient (Wildman–Crippen LogP) is 3.48. The predicted molar refractivity (Wildman–Crippen MR) is 96.8 cm³/mol. The molecule has 2 aromatic heterocycles. The van der Waals surface area contributed by atoms with Crippen LogP contribution >= 0.6 is 0 Å². The fourth-order valence-corrected chi connectivity index (χ4v) is 2.94. The van der Waals surface area contributed by atoms with E-state index in [0.29, 0.717) is 22.2 Å². The summed E-state index contributed by atoms with van der Waals surface area (Å²) in [4.78, 5) is 20.8. The molecule has 25 heavy (non-hydrogen) atoms. The zero-order chi connectivity index (χ0) is 18.0. The van der Waals surface area contributed by atoms with Gasteiger partial charge in [-0.15, -0.1) is 0 Å². The third-order valence-corrected chi connectivity index (χ3v) is 4.41. The monoisotopic (exact) mass is 339 g/mol. The lowest BCUT2D eigenvalue weighted by Crippen LogP contribution is -2.22. The molecule has 3 rings (SSSR count). The number of carboxylic acid groups (broad SMARTS) is 1. The van der Waals surface area contributed by atoms with E-state index in [1.54, 1.807) is 18.3 Å². The molecule has 6 heteroatoms. The van der Waals surface area contributed by atoms with E-state index in [1.807, 2.05) is 12.1 Å². The highest BCUT2D eigenvalue weighted by Crippen LogP contribution is 2.36. The maximum atomic E-state index is 11.2. The Balaban J connectivity index is 1.99. The average Bonchev–Trinajstić information content (AvgIpc) is 2.95. The molecule has 3 N–H and O–H groups in total. The fraction of sp³-hybridized carbons (Fsp3) is 0.263. The molecule has 0 aliphatic carbocycles. The number of hydrogen-bond acceptors (Lipinski definition) is 4. The van der Waals surface area contributed by atoms with E-state index in [1.165, 1.54) is 6.07 Å². The van der Waals surface area contributed by atoms with Crippen molar-refractivity contribution in [3.8, 4) is 17.1 Å². The number of aromatic nitrogens is 2. The van der Waals surface area contributed by atoms with Gasteiger partial charge >= 0.3 is 5.97 Å². The molecule has 0 aliphatic heterocycles. The van der Waals surface area contributed by atoms with Crippen LogP contribution in [0.25, 0.3) is 22.2 Å². The molecule has 0 amide bonds. The van der Waals surface area contributed by atoms with Gasteiger partial charge in [0.15, 0.2) is 5.88 Å². The highest BCUT2D eigenvalue weighted by molar-refractivity contribution is 6.02. The average molecular weight is 339 g/mol. The van der Waals surface area contributed by atoms with E-state index >= 15 is 0 Å². The van der Waals surface area contributed by atoms with Crippen LogP contribution in [0, 0.1) is 0 Å². The Morgan fingerprint density at radius 1 is 1.20 bits per heavy atom. The lowest BCUT2D eigenvalue weighted by atomic mass is 10.1. The fourth-order valence-electron chi connectivity index (χ4n) is 2.94. The minimum absolute atomic E-state index is 0.0125. The van der Waals surface area contributed by atoms with Gasteiger partial charge in [-0.2, -0.15) is 0 Å². The van der Waals surface area contributed by atoms with Crippen LogP contribution < -0.4 is 0 Å². The number of carbonyl (C=O) groups is 1. The van der Waals surface area contributed by atoms with Crippen molar-refractivity contribution in [1.82, 2.24) is 14.9 Å². The molecule has 0 saturated heterocycles. The first-order chi connectivity index (χ1) is 12.0. The van der Waals surface area contributed by atoms with E-state index in [2.05, 4.69) is 28.7 Å². The molecule has 0 unspecified atom stereocenters. The molecule has 0 aliphatic rings. The smallest absolute Gasteiger partial charge is 0.335 e. The molecule has 1 aromatic carbocycles. The van der Waals surface area contributed by atoms with Crippen molar-refractivity contribution in [1.29, 1.82) is 0 Å². The number of rotatable bonds is 6. The van der Waals surface area contributed by atoms with Gasteiger partial charge in [0, 0.05) is 23.6 Å². The second-order valence-corrected chi connectivity index (χ2v) is 5.93. The van der Waals surface area contributed by atoms with Crippen LogP contribution in [0.5, 0.6) is 5.88 Å². The first-order valence-corrected chi connectivity index (χ1v) is 8.29. The number of aromatic amines is 1. The quantitative estimate of drug-likeness (QED) is 0.640. The van der Waals surface area contributed by atoms with Crippen LogP contribution in [0.1, 0.15) is 29.8 Å². The van der Waals surface area contributed by atoms with Gasteiger partial charge in [-0.05, 0) is 42.9 Å². The van der Waals surface area contributed by atoms with E-state index in [4.69, 9.17) is 0 Å². The number of aromatic carboxylic acids is 1. The molecule has 0 atom stereocenters. The Morgan fingerprint density at radius 3 is 2.56 bits per heavy atom. The van der Waals surface area contributed by atoms with Crippen LogP contribution in [0.4, 0.5) is 0 Å². The Bertz CT molecular complexity index is 896. The zero-order valence-corrected chi connectivity index (χ0v) is 14.3. The zero-order valence-electron chi connectivity index (χ0n) is 14.3. The Hall–Kier alpha value is -2.86. The number of benzene rings is 1. The van der Waals surface area contributed by atoms with Crippen molar-refractivity contribution in [3.63, 3.8) is 0 Å². The maximum Gasteiger partial charge on any atom is 0.335 e. The highest BCUT2D eigenvalue weighted by Gasteiger charge is 2.16. The van der Waals surface area contributed by atoms with Crippen molar-refractivity contribution < 1.29 is 15.0 Å². The number of nitrogens with zero attached hydrogens (tertiary/aromatic N) is 2. The van der Waals surface area contributed by atoms with Gasteiger partial charge in [-0.3, -0.25) is 9.88 Å². The van der Waals surface area contributed by atoms with Gasteiger partial charge in [0.2, 0.25) is 0 Å². The molecular formula is C19H21N3O3. The normalized spacial score (nSPS) is 11.3. The number of aromatic hydroxyl groups is 1. The molecular weight excluding hydrogens is 318 g/mol. The van der Waals surface area contributed by atoms with Gasteiger partial charge < -0.3 is 15.2 Å². The van der Waals surface area contributed by atoms with E-state index in [-0.39, 0.29) is 11.4 Å². The first kappa shape index (κ1) is 17.0. The third-order valence-electron chi connectivity index (χ3n) is 4.41. The summed E-state index contributed by atoms with van der Waals surface area (Å²) in [7, 11) is 0. The minimum Gasteiger partial charge on any atom is -0.494 e. The molecule has 6 nitrogen and oxygen atoms in total. The molecule has 0 bridgehead atoms. The van der Waals surface area contributed by atoms with Crippen molar-refractivity contribution in [2.75, 3.05) is 13.1 Å². The van der Waals surface area contributed by atoms with E-state index in [0.717, 1.165) is 25.2 Å². The minimum atomic E-state index is -1.00. The molecule has 0 fully saturated rings. The standard InChI is InChI=1S/C19H21N3O3/c1-3-22(4-2)11-12-5-7-16(20-10-12)17-14-9-13(19(24)25)6-8-15(14)21-18(17)23/h5-10,21,23H,3-4,11H2,1-2H3,(H,24,25). The molecule has 0 radical (unpaired) electrons. The summed E-state index contributed by atoms with van der Waals surface area (Å²) in [5.41, 5.74) is 3.07. The highest BCUT2D eigenvalue weighted by atomic mass is 16.4. The topological polar surface area (TPSA) is 89.5 Å². The largest absolute Gasteiger partial charge is 0.494 e. The van der Waals surface area contributed by atoms with Gasteiger partial charge in [0.25, 0.3) is 0 Å². The van der Waals surface area contributed by atoms with Crippen LogP contribution in [-0.2, 0) is 6.54 Å². The Labute approximate surface area is 145 Å². The Morgan fingerprint density at radius 2 is 1.96 bits per heavy atom. The SMILES string of the molecule is CCN(CC)Cc1ccc(-c2c(O)[nH]c3ccc(C(=O)O)cc23)nc1. The number of nitrogens with one attached hydrogen (secondary N) is 1. The summed E-state index contributed by atoms with van der Waals surface area (Å²) in [6.07, 6.45) is 1.80. The molecule has 0 spiro atoms. The third kappa shape index (κ3) is 3.34. The second kappa shape index (κ2) is 6.94. The molecule has 2 heterocycles. The van der Waals surface area contributed by atoms with Gasteiger partial charge in [-0.1, -0.05) is 19.9 Å². The molecule has 3 aromatic rings. The summed E-state index contributed by atoms with van der Waals surface area (Å²) in [5.74, 6) is -1.02. The number of fused-ring (bicyclic) bond motifs is 1. The summed E-state index contributed by atoms with van der Waals surface area (Å²) < 4.78 is 0. The summed E-state index contributed by atoms with van der Waals surface area (Å²) in [5, 5.41) is 20.1. The lowest BCUT2D eigenvalue weighted by Gasteiger charge is -2.17. The summed E-state index contributed by atoms with van der Waals surface area (Å²) in [6, 6.07) is 8.55.